The first-order valence-corrected chi connectivity index (χ1v) is 10.4. The van der Waals surface area contributed by atoms with E-state index >= 15 is 0 Å². The Hall–Kier alpha value is -3.42. The fourth-order valence-electron chi connectivity index (χ4n) is 3.45. The number of rotatable bonds is 5. The van der Waals surface area contributed by atoms with E-state index in [1.54, 1.807) is 36.5 Å². The van der Waals surface area contributed by atoms with Gasteiger partial charge in [-0.05, 0) is 70.0 Å². The van der Waals surface area contributed by atoms with Gasteiger partial charge in [-0.3, -0.25) is 14.4 Å². The van der Waals surface area contributed by atoms with Crippen LogP contribution in [0.1, 0.15) is 54.3 Å². The number of nitrogens with two attached hydrogens (primary N) is 1. The Kier molecular flexibility index (Phi) is 6.58. The zero-order valence-corrected chi connectivity index (χ0v) is 18.1. The quantitative estimate of drug-likeness (QED) is 0.683. The van der Waals surface area contributed by atoms with Gasteiger partial charge in [-0.25, -0.2) is 4.98 Å². The number of amides is 3. The van der Waals surface area contributed by atoms with Crippen LogP contribution < -0.4 is 21.3 Å². The summed E-state index contributed by atoms with van der Waals surface area (Å²) in [6.45, 7) is 7.11. The number of nitrogens with one attached hydrogen (secondary N) is 2. The number of aromatic nitrogens is 1. The summed E-state index contributed by atoms with van der Waals surface area (Å²) in [4.78, 5) is 42.7. The molecule has 1 aliphatic rings. The lowest BCUT2D eigenvalue weighted by atomic mass is 9.97. The number of piperidine rings is 1. The van der Waals surface area contributed by atoms with E-state index in [0.717, 1.165) is 25.2 Å². The van der Waals surface area contributed by atoms with E-state index in [4.69, 9.17) is 5.73 Å². The van der Waals surface area contributed by atoms with E-state index in [2.05, 4.69) is 15.6 Å². The molecule has 0 aliphatic carbocycles. The van der Waals surface area contributed by atoms with Crippen LogP contribution in [0.25, 0.3) is 0 Å². The van der Waals surface area contributed by atoms with Gasteiger partial charge in [0.05, 0.1) is 17.8 Å². The second-order valence-corrected chi connectivity index (χ2v) is 8.83. The highest BCUT2D eigenvalue weighted by atomic mass is 16.2. The zero-order valence-electron chi connectivity index (χ0n) is 18.1. The van der Waals surface area contributed by atoms with Crippen molar-refractivity contribution in [2.24, 2.45) is 11.7 Å². The summed E-state index contributed by atoms with van der Waals surface area (Å²) < 4.78 is 0. The molecule has 1 saturated heterocycles. The number of pyridine rings is 1. The number of hydrogen-bond donors (Lipinski definition) is 3. The first kappa shape index (κ1) is 22.3. The average Bonchev–Trinajstić information content (AvgIpc) is 2.73. The average molecular weight is 424 g/mol. The van der Waals surface area contributed by atoms with Gasteiger partial charge >= 0.3 is 0 Å². The molecule has 1 aliphatic heterocycles. The molecule has 1 unspecified atom stereocenters. The molecule has 1 fully saturated rings. The van der Waals surface area contributed by atoms with Gasteiger partial charge in [0.15, 0.2) is 0 Å². The molecule has 164 valence electrons. The topological polar surface area (TPSA) is 117 Å². The lowest BCUT2D eigenvalue weighted by molar-refractivity contribution is -0.122. The maximum atomic E-state index is 12.5. The minimum atomic E-state index is -0.332. The van der Waals surface area contributed by atoms with Crippen LogP contribution in [0, 0.1) is 5.92 Å². The number of nitrogens with zero attached hydrogens (tertiary/aromatic N) is 2. The van der Waals surface area contributed by atoms with Crippen molar-refractivity contribution in [3.63, 3.8) is 0 Å². The Morgan fingerprint density at radius 1 is 1.03 bits per heavy atom. The van der Waals surface area contributed by atoms with E-state index in [9.17, 15) is 14.4 Å². The van der Waals surface area contributed by atoms with Gasteiger partial charge in [-0.15, -0.1) is 0 Å². The van der Waals surface area contributed by atoms with Crippen molar-refractivity contribution in [2.75, 3.05) is 23.3 Å². The molecule has 1 aromatic carbocycles. The Morgan fingerprint density at radius 2 is 1.68 bits per heavy atom. The lowest BCUT2D eigenvalue weighted by Crippen LogP contribution is -2.41. The second kappa shape index (κ2) is 9.16. The summed E-state index contributed by atoms with van der Waals surface area (Å²) >= 11 is 0. The molecule has 0 spiro atoms. The van der Waals surface area contributed by atoms with Gasteiger partial charge < -0.3 is 21.3 Å². The maximum absolute atomic E-state index is 12.5. The molecule has 31 heavy (non-hydrogen) atoms. The van der Waals surface area contributed by atoms with Crippen LogP contribution >= 0.6 is 0 Å². The third kappa shape index (κ3) is 6.04. The summed E-state index contributed by atoms with van der Waals surface area (Å²) in [6, 6.07) is 10.1. The molecule has 0 bridgehead atoms. The standard InChI is InChI=1S/C23H29N5O3/c1-23(2,3)27-22(31)16-8-6-15(7-9-16)21(30)26-18-10-11-19(25-13-18)28-12-4-5-17(14-28)20(24)29/h6-11,13,17H,4-5,12,14H2,1-3H3,(H2,24,29)(H,26,30)(H,27,31). The highest BCUT2D eigenvalue weighted by Crippen LogP contribution is 2.22. The zero-order chi connectivity index (χ0) is 22.6. The fraction of sp³-hybridized carbons (Fsp3) is 0.391. The van der Waals surface area contributed by atoms with Gasteiger partial charge in [-0.2, -0.15) is 0 Å². The summed E-state index contributed by atoms with van der Waals surface area (Å²) in [6.07, 6.45) is 3.28. The summed E-state index contributed by atoms with van der Waals surface area (Å²) in [5, 5.41) is 5.70. The monoisotopic (exact) mass is 423 g/mol. The fourth-order valence-corrected chi connectivity index (χ4v) is 3.45. The summed E-state index contributed by atoms with van der Waals surface area (Å²) in [5.74, 6) is -0.170. The number of benzene rings is 1. The lowest BCUT2D eigenvalue weighted by Gasteiger charge is -2.32. The van der Waals surface area contributed by atoms with Crippen molar-refractivity contribution in [3.05, 3.63) is 53.7 Å². The molecule has 0 saturated carbocycles. The van der Waals surface area contributed by atoms with Crippen molar-refractivity contribution in [2.45, 2.75) is 39.2 Å². The van der Waals surface area contributed by atoms with E-state index in [-0.39, 0.29) is 29.2 Å². The minimum absolute atomic E-state index is 0.164. The van der Waals surface area contributed by atoms with Gasteiger partial charge in [0.1, 0.15) is 5.82 Å². The molecule has 8 heteroatoms. The highest BCUT2D eigenvalue weighted by Gasteiger charge is 2.24. The highest BCUT2D eigenvalue weighted by molar-refractivity contribution is 6.05. The van der Waals surface area contributed by atoms with Crippen LogP contribution in [0.3, 0.4) is 0 Å². The van der Waals surface area contributed by atoms with Crippen LogP contribution in [0.4, 0.5) is 11.5 Å². The van der Waals surface area contributed by atoms with E-state index < -0.39 is 0 Å². The van der Waals surface area contributed by atoms with Crippen molar-refractivity contribution in [1.29, 1.82) is 0 Å². The predicted molar refractivity (Wildman–Crippen MR) is 120 cm³/mol. The smallest absolute Gasteiger partial charge is 0.255 e. The third-order valence-electron chi connectivity index (χ3n) is 5.05. The normalized spacial score (nSPS) is 16.5. The Balaban J connectivity index is 1.60. The molecule has 2 aromatic rings. The van der Waals surface area contributed by atoms with Crippen LogP contribution in [-0.4, -0.2) is 41.3 Å². The van der Waals surface area contributed by atoms with Crippen molar-refractivity contribution >= 4 is 29.2 Å². The van der Waals surface area contributed by atoms with Crippen LogP contribution in [0.2, 0.25) is 0 Å². The van der Waals surface area contributed by atoms with E-state index in [1.807, 2.05) is 31.7 Å². The Morgan fingerprint density at radius 3 is 2.23 bits per heavy atom. The van der Waals surface area contributed by atoms with Crippen molar-refractivity contribution < 1.29 is 14.4 Å². The summed E-state index contributed by atoms with van der Waals surface area (Å²) in [7, 11) is 0. The number of carbonyl (C=O) groups excluding carboxylic acids is 3. The SMILES string of the molecule is CC(C)(C)NC(=O)c1ccc(C(=O)Nc2ccc(N3CCCC(C(N)=O)C3)nc2)cc1. The Bertz CT molecular complexity index is 949. The van der Waals surface area contributed by atoms with Gasteiger partial charge in [-0.1, -0.05) is 0 Å². The molecule has 4 N–H and O–H groups in total. The minimum Gasteiger partial charge on any atom is -0.369 e. The molecular weight excluding hydrogens is 394 g/mol. The van der Waals surface area contributed by atoms with Crippen LogP contribution in [0.15, 0.2) is 42.6 Å². The molecule has 8 nitrogen and oxygen atoms in total. The summed E-state index contributed by atoms with van der Waals surface area (Å²) in [5.41, 5.74) is 6.60. The molecule has 1 atom stereocenters. The van der Waals surface area contributed by atoms with E-state index in [1.165, 1.54) is 0 Å². The molecule has 2 heterocycles. The van der Waals surface area contributed by atoms with Crippen molar-refractivity contribution in [3.8, 4) is 0 Å². The molecule has 1 aromatic heterocycles. The number of primary amides is 1. The first-order valence-electron chi connectivity index (χ1n) is 10.4. The van der Waals surface area contributed by atoms with Crippen LogP contribution in [0.5, 0.6) is 0 Å². The first-order chi connectivity index (χ1) is 14.6. The van der Waals surface area contributed by atoms with Crippen molar-refractivity contribution in [1.82, 2.24) is 10.3 Å². The third-order valence-corrected chi connectivity index (χ3v) is 5.05. The predicted octanol–water partition coefficient (Wildman–Crippen LogP) is 2.56. The Labute approximate surface area is 182 Å². The van der Waals surface area contributed by atoms with E-state index in [0.29, 0.717) is 23.4 Å². The van der Waals surface area contributed by atoms with Gasteiger partial charge in [0, 0.05) is 29.8 Å². The number of anilines is 2. The number of carbonyl (C=O) groups is 3. The number of hydrogen-bond acceptors (Lipinski definition) is 5. The van der Waals surface area contributed by atoms with Gasteiger partial charge in [0.2, 0.25) is 5.91 Å². The van der Waals surface area contributed by atoms with Gasteiger partial charge in [0.25, 0.3) is 11.8 Å². The van der Waals surface area contributed by atoms with Crippen LogP contribution in [-0.2, 0) is 4.79 Å². The molecule has 0 radical (unpaired) electrons. The molecule has 3 rings (SSSR count). The largest absolute Gasteiger partial charge is 0.369 e. The molecule has 3 amide bonds. The second-order valence-electron chi connectivity index (χ2n) is 8.83. The molecular formula is C23H29N5O3. The maximum Gasteiger partial charge on any atom is 0.255 e.